The number of nitrogens with one attached hydrogen (secondary N) is 1. The number of carbonyl (C=O) groups excluding carboxylic acids is 1. The third-order valence-electron chi connectivity index (χ3n) is 0.920. The molecule has 0 bridgehead atoms. The molecule has 0 aromatic rings. The van der Waals surface area contributed by atoms with Crippen LogP contribution in [-0.2, 0) is 9.53 Å². The minimum Gasteiger partial charge on any atom is -0.459 e. The van der Waals surface area contributed by atoms with Crippen molar-refractivity contribution in [2.24, 2.45) is 0 Å². The molecule has 0 spiro atoms. The Morgan fingerprint density at radius 2 is 2.50 bits per heavy atom. The molecule has 8 heavy (non-hydrogen) atoms. The number of hydrogen-bond donors (Lipinski definition) is 1. The monoisotopic (exact) mass is 113 g/mol. The number of morpholine rings is 1. The van der Waals surface area contributed by atoms with Crippen LogP contribution in [0.5, 0.6) is 0 Å². The lowest BCUT2D eigenvalue weighted by molar-refractivity contribution is -0.141. The first-order chi connectivity index (χ1) is 3.80. The molecule has 1 fully saturated rings. The van der Waals surface area contributed by atoms with Crippen molar-refractivity contribution in [2.75, 3.05) is 13.2 Å². The van der Waals surface area contributed by atoms with Gasteiger partial charge in [0, 0.05) is 6.54 Å². The molecule has 0 unspecified atom stereocenters. The average Bonchev–Trinajstić information content (AvgIpc) is 1.77. The van der Waals surface area contributed by atoms with Crippen LogP contribution in [0.25, 0.3) is 0 Å². The van der Waals surface area contributed by atoms with Crippen molar-refractivity contribution in [1.29, 1.82) is 0 Å². The maximum Gasteiger partial charge on any atom is 0.353 e. The van der Waals surface area contributed by atoms with Gasteiger partial charge in [-0.3, -0.25) is 0 Å². The van der Waals surface area contributed by atoms with E-state index in [1.54, 1.807) is 0 Å². The molecule has 0 amide bonds. The van der Waals surface area contributed by atoms with E-state index in [1.807, 2.05) is 0 Å². The van der Waals surface area contributed by atoms with E-state index in [0.29, 0.717) is 18.8 Å². The van der Waals surface area contributed by atoms with Crippen molar-refractivity contribution in [2.45, 2.75) is 0 Å². The molecule has 3 nitrogen and oxygen atoms in total. The third-order valence-corrected chi connectivity index (χ3v) is 0.920. The van der Waals surface area contributed by atoms with Crippen LogP contribution in [0, 0.1) is 0 Å². The lowest BCUT2D eigenvalue weighted by atomic mass is 10.4. The Morgan fingerprint density at radius 1 is 1.75 bits per heavy atom. The van der Waals surface area contributed by atoms with Gasteiger partial charge in [-0.2, -0.15) is 0 Å². The van der Waals surface area contributed by atoms with E-state index in [1.165, 1.54) is 0 Å². The second-order valence-corrected chi connectivity index (χ2v) is 1.54. The lowest BCUT2D eigenvalue weighted by Crippen LogP contribution is -2.31. The summed E-state index contributed by atoms with van der Waals surface area (Å²) >= 11 is 0. The highest BCUT2D eigenvalue weighted by atomic mass is 16.5. The summed E-state index contributed by atoms with van der Waals surface area (Å²) in [7, 11) is 0. The zero-order chi connectivity index (χ0) is 5.98. The van der Waals surface area contributed by atoms with Crippen molar-refractivity contribution < 1.29 is 9.53 Å². The van der Waals surface area contributed by atoms with E-state index >= 15 is 0 Å². The summed E-state index contributed by atoms with van der Waals surface area (Å²) < 4.78 is 4.59. The topological polar surface area (TPSA) is 38.3 Å². The molecule has 1 aliphatic rings. The van der Waals surface area contributed by atoms with Crippen LogP contribution in [0.2, 0.25) is 0 Å². The summed E-state index contributed by atoms with van der Waals surface area (Å²) in [5, 5.41) is 2.76. The largest absolute Gasteiger partial charge is 0.459 e. The van der Waals surface area contributed by atoms with Crippen molar-refractivity contribution in [3.8, 4) is 0 Å². The van der Waals surface area contributed by atoms with Crippen molar-refractivity contribution >= 4 is 5.97 Å². The van der Waals surface area contributed by atoms with Gasteiger partial charge in [0.2, 0.25) is 0 Å². The standard InChI is InChI=1S/C5H7NO2/c1-4-5(7)8-3-2-6-4/h6H,1-3H2. The summed E-state index contributed by atoms with van der Waals surface area (Å²) in [5.41, 5.74) is 0.358. The highest BCUT2D eigenvalue weighted by Crippen LogP contribution is 1.93. The fraction of sp³-hybridized carbons (Fsp3) is 0.400. The Kier molecular flexibility index (Phi) is 1.20. The van der Waals surface area contributed by atoms with Crippen molar-refractivity contribution in [3.63, 3.8) is 0 Å². The van der Waals surface area contributed by atoms with E-state index in [9.17, 15) is 4.79 Å². The molecule has 1 rings (SSSR count). The van der Waals surface area contributed by atoms with Crippen LogP contribution in [0.4, 0.5) is 0 Å². The summed E-state index contributed by atoms with van der Waals surface area (Å²) in [6.45, 7) is 4.55. The van der Waals surface area contributed by atoms with E-state index in [0.717, 1.165) is 0 Å². The highest BCUT2D eigenvalue weighted by Gasteiger charge is 2.11. The molecule has 0 saturated carbocycles. The molecule has 0 atom stereocenters. The predicted molar refractivity (Wildman–Crippen MR) is 28.1 cm³/mol. The minimum atomic E-state index is -0.337. The first-order valence-electron chi connectivity index (χ1n) is 2.40. The second kappa shape index (κ2) is 1.86. The van der Waals surface area contributed by atoms with Gasteiger partial charge >= 0.3 is 5.97 Å². The Hall–Kier alpha value is -0.990. The van der Waals surface area contributed by atoms with Gasteiger partial charge in [0.25, 0.3) is 0 Å². The smallest absolute Gasteiger partial charge is 0.353 e. The number of hydrogen-bond acceptors (Lipinski definition) is 3. The summed E-state index contributed by atoms with van der Waals surface area (Å²) in [6, 6.07) is 0. The zero-order valence-electron chi connectivity index (χ0n) is 4.44. The Morgan fingerprint density at radius 3 is 2.88 bits per heavy atom. The Bertz CT molecular complexity index is 114. The predicted octanol–water partition coefficient (Wildman–Crippen LogP) is -0.354. The van der Waals surface area contributed by atoms with E-state index < -0.39 is 0 Å². The molecule has 44 valence electrons. The molecular weight excluding hydrogens is 106 g/mol. The minimum absolute atomic E-state index is 0.337. The molecule has 0 aromatic heterocycles. The van der Waals surface area contributed by atoms with Gasteiger partial charge in [-0.25, -0.2) is 4.79 Å². The molecular formula is C5H7NO2. The first kappa shape index (κ1) is 5.15. The molecule has 1 saturated heterocycles. The molecule has 1 N–H and O–H groups in total. The number of ether oxygens (including phenoxy) is 1. The zero-order valence-corrected chi connectivity index (χ0v) is 4.44. The van der Waals surface area contributed by atoms with Crippen LogP contribution in [0.3, 0.4) is 0 Å². The molecule has 3 heteroatoms. The maximum atomic E-state index is 10.4. The fourth-order valence-corrected chi connectivity index (χ4v) is 0.505. The van der Waals surface area contributed by atoms with E-state index in [4.69, 9.17) is 0 Å². The van der Waals surface area contributed by atoms with E-state index in [2.05, 4.69) is 16.6 Å². The third kappa shape index (κ3) is 0.804. The lowest BCUT2D eigenvalue weighted by Gasteiger charge is -2.14. The quantitative estimate of drug-likeness (QED) is 0.344. The van der Waals surface area contributed by atoms with Gasteiger partial charge in [-0.05, 0) is 0 Å². The van der Waals surface area contributed by atoms with Crippen LogP contribution in [-0.4, -0.2) is 19.1 Å². The molecule has 1 aliphatic heterocycles. The number of rotatable bonds is 0. The van der Waals surface area contributed by atoms with Gasteiger partial charge in [-0.15, -0.1) is 0 Å². The summed E-state index contributed by atoms with van der Waals surface area (Å²) in [6.07, 6.45) is 0. The van der Waals surface area contributed by atoms with Gasteiger partial charge in [0.15, 0.2) is 0 Å². The SMILES string of the molecule is C=C1NCCOC1=O. The normalized spacial score (nSPS) is 19.5. The van der Waals surface area contributed by atoms with Gasteiger partial charge in [-0.1, -0.05) is 6.58 Å². The van der Waals surface area contributed by atoms with Gasteiger partial charge in [0.1, 0.15) is 12.3 Å². The number of esters is 1. The maximum absolute atomic E-state index is 10.4. The Balaban J connectivity index is 2.52. The molecule has 0 aromatic carbocycles. The Labute approximate surface area is 47.3 Å². The molecule has 0 radical (unpaired) electrons. The molecule has 1 heterocycles. The van der Waals surface area contributed by atoms with Crippen LogP contribution >= 0.6 is 0 Å². The van der Waals surface area contributed by atoms with Crippen LogP contribution in [0.15, 0.2) is 12.3 Å². The van der Waals surface area contributed by atoms with Crippen LogP contribution < -0.4 is 5.32 Å². The summed E-state index contributed by atoms with van der Waals surface area (Å²) in [4.78, 5) is 10.4. The van der Waals surface area contributed by atoms with E-state index in [-0.39, 0.29) is 5.97 Å². The van der Waals surface area contributed by atoms with Crippen molar-refractivity contribution in [3.05, 3.63) is 12.3 Å². The van der Waals surface area contributed by atoms with Crippen LogP contribution in [0.1, 0.15) is 0 Å². The fourth-order valence-electron chi connectivity index (χ4n) is 0.505. The highest BCUT2D eigenvalue weighted by molar-refractivity contribution is 5.87. The molecule has 0 aliphatic carbocycles. The number of cyclic esters (lactones) is 1. The second-order valence-electron chi connectivity index (χ2n) is 1.54. The van der Waals surface area contributed by atoms with Gasteiger partial charge in [0.05, 0.1) is 0 Å². The van der Waals surface area contributed by atoms with Crippen molar-refractivity contribution in [1.82, 2.24) is 5.32 Å². The average molecular weight is 113 g/mol. The first-order valence-corrected chi connectivity index (χ1v) is 2.40. The number of carbonyl (C=O) groups is 1. The van der Waals surface area contributed by atoms with Gasteiger partial charge < -0.3 is 10.1 Å². The summed E-state index contributed by atoms with van der Waals surface area (Å²) in [5.74, 6) is -0.337.